The normalized spacial score (nSPS) is 14.0. The molecule has 2 aromatic heterocycles. The predicted molar refractivity (Wildman–Crippen MR) is 142 cm³/mol. The second-order valence-electron chi connectivity index (χ2n) is 9.31. The van der Waals surface area contributed by atoms with Crippen molar-refractivity contribution in [3.63, 3.8) is 0 Å². The van der Waals surface area contributed by atoms with E-state index in [2.05, 4.69) is 19.8 Å². The minimum atomic E-state index is -5.19. The molecule has 0 radical (unpaired) electrons. The molecule has 0 amide bonds. The third kappa shape index (κ3) is 3.96. The number of H-pyrrole nitrogens is 1. The van der Waals surface area contributed by atoms with Crippen LogP contribution in [0, 0.1) is 11.3 Å². The number of hydrogen-bond acceptors (Lipinski definition) is 6. The maximum atomic E-state index is 13.9. The lowest BCUT2D eigenvalue weighted by atomic mass is 9.91. The summed E-state index contributed by atoms with van der Waals surface area (Å²) < 4.78 is 47.8. The lowest BCUT2D eigenvalue weighted by molar-refractivity contribution is 0.326. The summed E-state index contributed by atoms with van der Waals surface area (Å²) in [5.41, 5.74) is 3.58. The quantitative estimate of drug-likeness (QED) is 0.273. The van der Waals surface area contributed by atoms with Crippen LogP contribution in [0.5, 0.6) is 11.5 Å². The first-order valence-electron chi connectivity index (χ1n) is 12.2. The van der Waals surface area contributed by atoms with Crippen molar-refractivity contribution in [2.45, 2.75) is 32.2 Å². The van der Waals surface area contributed by atoms with Crippen molar-refractivity contribution in [3.05, 3.63) is 70.4 Å². The van der Waals surface area contributed by atoms with Gasteiger partial charge in [0.15, 0.2) is 5.43 Å². The van der Waals surface area contributed by atoms with E-state index in [1.165, 1.54) is 12.1 Å². The van der Waals surface area contributed by atoms with Gasteiger partial charge in [-0.3, -0.25) is 4.79 Å². The summed E-state index contributed by atoms with van der Waals surface area (Å²) in [6, 6.07) is 17.2. The van der Waals surface area contributed by atoms with Gasteiger partial charge in [-0.05, 0) is 68.1 Å². The molecule has 0 spiro atoms. The predicted octanol–water partition coefficient (Wildman–Crippen LogP) is 5.89. The number of nitrogens with one attached hydrogen (secondary N) is 1. The molecular formula is C28H22FN3O5S. The maximum Gasteiger partial charge on any atom is 0.488 e. The molecule has 8 nitrogen and oxygen atoms in total. The Morgan fingerprint density at radius 1 is 1.13 bits per heavy atom. The van der Waals surface area contributed by atoms with Gasteiger partial charge in [-0.25, -0.2) is 0 Å². The number of benzene rings is 3. The number of rotatable bonds is 6. The molecule has 6 rings (SSSR count). The summed E-state index contributed by atoms with van der Waals surface area (Å²) in [7, 11) is -5.19. The average molecular weight is 532 g/mol. The Labute approximate surface area is 217 Å². The largest absolute Gasteiger partial charge is 0.493 e. The third-order valence-corrected chi connectivity index (χ3v) is 7.45. The number of aromatic nitrogens is 2. The topological polar surface area (TPSA) is 114 Å². The molecule has 1 fully saturated rings. The molecule has 1 aliphatic rings. The SMILES string of the molecule is CCOc1cc2c(=O)c3c4ccc(C#N)cc4[nH]c3n(C3CCC3)c2cc1-c1cccc(OS(=O)(=O)F)c1. The number of fused-ring (bicyclic) bond motifs is 4. The van der Waals surface area contributed by atoms with Crippen molar-refractivity contribution in [2.75, 3.05) is 6.61 Å². The Morgan fingerprint density at radius 2 is 1.95 bits per heavy atom. The highest BCUT2D eigenvalue weighted by atomic mass is 32.3. The van der Waals surface area contributed by atoms with Crippen LogP contribution in [0.1, 0.15) is 37.8 Å². The molecule has 192 valence electrons. The van der Waals surface area contributed by atoms with Crippen molar-refractivity contribution in [3.8, 4) is 28.7 Å². The zero-order valence-corrected chi connectivity index (χ0v) is 21.1. The van der Waals surface area contributed by atoms with Crippen molar-refractivity contribution in [2.24, 2.45) is 0 Å². The molecule has 10 heteroatoms. The highest BCUT2D eigenvalue weighted by Gasteiger charge is 2.27. The molecule has 2 heterocycles. The molecule has 5 aromatic rings. The van der Waals surface area contributed by atoms with Crippen LogP contribution < -0.4 is 14.3 Å². The average Bonchev–Trinajstić information content (AvgIpc) is 3.23. The fourth-order valence-corrected chi connectivity index (χ4v) is 5.56. The lowest BCUT2D eigenvalue weighted by Crippen LogP contribution is -2.21. The number of ether oxygens (including phenoxy) is 1. The molecule has 1 aliphatic carbocycles. The van der Waals surface area contributed by atoms with E-state index in [1.807, 2.05) is 13.0 Å². The van der Waals surface area contributed by atoms with Crippen LogP contribution in [0.3, 0.4) is 0 Å². The highest BCUT2D eigenvalue weighted by molar-refractivity contribution is 7.81. The molecule has 0 unspecified atom stereocenters. The van der Waals surface area contributed by atoms with E-state index in [0.717, 1.165) is 24.6 Å². The van der Waals surface area contributed by atoms with Crippen LogP contribution in [0.2, 0.25) is 0 Å². The van der Waals surface area contributed by atoms with Gasteiger partial charge in [-0.1, -0.05) is 22.1 Å². The van der Waals surface area contributed by atoms with E-state index in [-0.39, 0.29) is 17.2 Å². The van der Waals surface area contributed by atoms with Crippen LogP contribution in [0.25, 0.3) is 44.0 Å². The molecule has 3 aromatic carbocycles. The number of nitrogens with zero attached hydrogens (tertiary/aromatic N) is 2. The van der Waals surface area contributed by atoms with Crippen LogP contribution >= 0.6 is 0 Å². The number of hydrogen-bond donors (Lipinski definition) is 1. The summed E-state index contributed by atoms with van der Waals surface area (Å²) >= 11 is 0. The van der Waals surface area contributed by atoms with Gasteiger partial charge in [0.2, 0.25) is 0 Å². The smallest absolute Gasteiger partial charge is 0.488 e. The summed E-state index contributed by atoms with van der Waals surface area (Å²) in [6.07, 6.45) is 2.97. The number of aromatic amines is 1. The third-order valence-electron chi connectivity index (χ3n) is 7.06. The standard InChI is InChI=1S/C28H22FN3O5S/c1-2-36-25-14-22-24(13-21(25)17-5-3-8-19(12-17)37-38(29,34)35)32(18-6-4-7-18)28-26(27(22)33)20-10-9-16(15-30)11-23(20)31-28/h3,5,8-14,18,31H,2,4,6-7H2,1H3. The second kappa shape index (κ2) is 8.89. The van der Waals surface area contributed by atoms with Gasteiger partial charge in [0, 0.05) is 22.5 Å². The molecule has 1 saturated carbocycles. The van der Waals surface area contributed by atoms with E-state index in [4.69, 9.17) is 4.74 Å². The van der Waals surface area contributed by atoms with E-state index in [0.29, 0.717) is 56.5 Å². The number of nitriles is 1. The van der Waals surface area contributed by atoms with Gasteiger partial charge in [0.05, 0.1) is 34.5 Å². The van der Waals surface area contributed by atoms with Gasteiger partial charge in [-0.2, -0.15) is 13.7 Å². The maximum absolute atomic E-state index is 13.9. The Hall–Kier alpha value is -4.36. The van der Waals surface area contributed by atoms with E-state index < -0.39 is 10.5 Å². The van der Waals surface area contributed by atoms with E-state index >= 15 is 0 Å². The van der Waals surface area contributed by atoms with Crippen molar-refractivity contribution >= 4 is 43.3 Å². The molecule has 0 bridgehead atoms. The molecule has 0 saturated heterocycles. The molecule has 1 N–H and O–H groups in total. The summed E-state index contributed by atoms with van der Waals surface area (Å²) in [4.78, 5) is 17.3. The van der Waals surface area contributed by atoms with Crippen LogP contribution in [-0.4, -0.2) is 24.6 Å². The Morgan fingerprint density at radius 3 is 2.63 bits per heavy atom. The van der Waals surface area contributed by atoms with Crippen molar-refractivity contribution in [1.29, 1.82) is 5.26 Å². The van der Waals surface area contributed by atoms with Gasteiger partial charge >= 0.3 is 10.5 Å². The molecule has 0 atom stereocenters. The molecular weight excluding hydrogens is 509 g/mol. The Balaban J connectivity index is 1.69. The Kier molecular flexibility index (Phi) is 5.61. The van der Waals surface area contributed by atoms with Crippen LogP contribution in [0.4, 0.5) is 3.89 Å². The fourth-order valence-electron chi connectivity index (χ4n) is 5.22. The number of halogens is 1. The first kappa shape index (κ1) is 24.0. The van der Waals surface area contributed by atoms with Crippen molar-refractivity contribution < 1.29 is 21.2 Å². The second-order valence-corrected chi connectivity index (χ2v) is 10.3. The summed E-state index contributed by atoms with van der Waals surface area (Å²) in [5.74, 6) is 0.256. The van der Waals surface area contributed by atoms with E-state index in [9.17, 15) is 22.4 Å². The van der Waals surface area contributed by atoms with Gasteiger partial charge in [0.25, 0.3) is 0 Å². The zero-order valence-electron chi connectivity index (χ0n) is 20.3. The molecule has 38 heavy (non-hydrogen) atoms. The van der Waals surface area contributed by atoms with Gasteiger partial charge in [-0.15, -0.1) is 0 Å². The van der Waals surface area contributed by atoms with Crippen LogP contribution in [0.15, 0.2) is 59.4 Å². The van der Waals surface area contributed by atoms with Gasteiger partial charge < -0.3 is 18.5 Å². The fraction of sp³-hybridized carbons (Fsp3) is 0.214. The number of pyridine rings is 1. The Bertz CT molecular complexity index is 1970. The highest BCUT2D eigenvalue weighted by Crippen LogP contribution is 2.41. The van der Waals surface area contributed by atoms with Crippen LogP contribution in [-0.2, 0) is 10.5 Å². The summed E-state index contributed by atoms with van der Waals surface area (Å²) in [6.45, 7) is 2.15. The first-order valence-corrected chi connectivity index (χ1v) is 13.5. The molecule has 0 aliphatic heterocycles. The summed E-state index contributed by atoms with van der Waals surface area (Å²) in [5, 5.41) is 11.2. The lowest BCUT2D eigenvalue weighted by Gasteiger charge is -2.31. The van der Waals surface area contributed by atoms with Gasteiger partial charge in [0.1, 0.15) is 17.1 Å². The van der Waals surface area contributed by atoms with E-state index in [1.54, 1.807) is 36.4 Å². The zero-order chi connectivity index (χ0) is 26.6. The van der Waals surface area contributed by atoms with Crippen molar-refractivity contribution in [1.82, 2.24) is 9.55 Å². The monoisotopic (exact) mass is 531 g/mol. The minimum Gasteiger partial charge on any atom is -0.493 e. The first-order chi connectivity index (χ1) is 18.3. The minimum absolute atomic E-state index is 0.158.